The van der Waals surface area contributed by atoms with Crippen LogP contribution in [0.4, 0.5) is 5.69 Å². The molecule has 0 aliphatic heterocycles. The van der Waals surface area contributed by atoms with Gasteiger partial charge in [-0.15, -0.1) is 24.0 Å². The molecule has 0 aromatic heterocycles. The predicted octanol–water partition coefficient (Wildman–Crippen LogP) is 3.43. The molecule has 0 bridgehead atoms. The molecule has 0 spiro atoms. The average molecular weight is 464 g/mol. The Morgan fingerprint density at radius 2 is 1.96 bits per heavy atom. The molecule has 0 saturated carbocycles. The smallest absolute Gasteiger partial charge is 0.195 e. The van der Waals surface area contributed by atoms with Gasteiger partial charge in [0.15, 0.2) is 17.5 Å². The molecule has 0 saturated heterocycles. The van der Waals surface area contributed by atoms with Crippen molar-refractivity contribution in [3.05, 3.63) is 18.2 Å². The second-order valence-electron chi connectivity index (χ2n) is 5.64. The first-order chi connectivity index (χ1) is 11.5. The van der Waals surface area contributed by atoms with Gasteiger partial charge < -0.3 is 20.1 Å². The Morgan fingerprint density at radius 1 is 1.24 bits per heavy atom. The summed E-state index contributed by atoms with van der Waals surface area (Å²) >= 11 is 0. The number of likely N-dealkylation sites (N-methyl/N-ethyl adjacent to an activating group) is 1. The number of halogens is 1. The van der Waals surface area contributed by atoms with Gasteiger partial charge in [-0.05, 0) is 39.4 Å². The quantitative estimate of drug-likeness (QED) is 0.333. The summed E-state index contributed by atoms with van der Waals surface area (Å²) in [4.78, 5) is 6.68. The van der Waals surface area contributed by atoms with Crippen molar-refractivity contribution in [2.45, 2.75) is 33.7 Å². The van der Waals surface area contributed by atoms with Crippen molar-refractivity contribution in [1.82, 2.24) is 10.2 Å². The van der Waals surface area contributed by atoms with Crippen LogP contribution >= 0.6 is 24.0 Å². The number of anilines is 1. The lowest BCUT2D eigenvalue weighted by Gasteiger charge is -2.25. The lowest BCUT2D eigenvalue weighted by atomic mass is 10.2. The van der Waals surface area contributed by atoms with E-state index in [1.165, 1.54) is 0 Å². The van der Waals surface area contributed by atoms with E-state index in [1.54, 1.807) is 14.2 Å². The molecule has 0 unspecified atom stereocenters. The minimum atomic E-state index is 0. The van der Waals surface area contributed by atoms with Crippen molar-refractivity contribution in [2.75, 3.05) is 45.7 Å². The molecule has 0 aliphatic rings. The zero-order valence-electron chi connectivity index (χ0n) is 16.3. The topological polar surface area (TPSA) is 58.1 Å². The normalized spacial score (nSPS) is 11.3. The van der Waals surface area contributed by atoms with Gasteiger partial charge in [0.1, 0.15) is 0 Å². The number of hydrogen-bond acceptors (Lipinski definition) is 4. The van der Waals surface area contributed by atoms with E-state index in [0.29, 0.717) is 12.6 Å². The first-order valence-corrected chi connectivity index (χ1v) is 8.58. The molecule has 0 heterocycles. The number of rotatable bonds is 9. The number of benzene rings is 1. The van der Waals surface area contributed by atoms with Gasteiger partial charge in [0, 0.05) is 37.9 Å². The van der Waals surface area contributed by atoms with Crippen molar-refractivity contribution in [3.8, 4) is 11.5 Å². The van der Waals surface area contributed by atoms with Crippen molar-refractivity contribution in [3.63, 3.8) is 0 Å². The van der Waals surface area contributed by atoms with Crippen LogP contribution in [0.2, 0.25) is 0 Å². The molecule has 6 nitrogen and oxygen atoms in total. The maximum atomic E-state index is 5.61. The van der Waals surface area contributed by atoms with Gasteiger partial charge in [-0.2, -0.15) is 0 Å². The number of ether oxygens (including phenoxy) is 2. The monoisotopic (exact) mass is 464 g/mol. The minimum Gasteiger partial charge on any atom is -0.493 e. The third-order valence-electron chi connectivity index (χ3n) is 3.78. The number of nitrogens with zero attached hydrogens (tertiary/aromatic N) is 2. The van der Waals surface area contributed by atoms with E-state index in [9.17, 15) is 0 Å². The van der Waals surface area contributed by atoms with E-state index in [0.717, 1.165) is 42.8 Å². The predicted molar refractivity (Wildman–Crippen MR) is 117 cm³/mol. The van der Waals surface area contributed by atoms with Crippen LogP contribution in [0.3, 0.4) is 0 Å². The molecule has 0 atom stereocenters. The average Bonchev–Trinajstić information content (AvgIpc) is 2.57. The van der Waals surface area contributed by atoms with Crippen LogP contribution < -0.4 is 20.1 Å². The van der Waals surface area contributed by atoms with Crippen molar-refractivity contribution >= 4 is 35.6 Å². The van der Waals surface area contributed by atoms with Crippen molar-refractivity contribution in [2.24, 2.45) is 4.99 Å². The second kappa shape index (κ2) is 13.0. The molecule has 0 aliphatic carbocycles. The fraction of sp³-hybridized carbons (Fsp3) is 0.611. The van der Waals surface area contributed by atoms with Crippen molar-refractivity contribution < 1.29 is 9.47 Å². The first kappa shape index (κ1) is 23.8. The third-order valence-corrected chi connectivity index (χ3v) is 3.78. The molecule has 2 N–H and O–H groups in total. The van der Waals surface area contributed by atoms with Gasteiger partial charge in [-0.3, -0.25) is 9.89 Å². The molecule has 144 valence electrons. The molecule has 25 heavy (non-hydrogen) atoms. The van der Waals surface area contributed by atoms with E-state index in [-0.39, 0.29) is 24.0 Å². The van der Waals surface area contributed by atoms with Gasteiger partial charge in [-0.25, -0.2) is 0 Å². The summed E-state index contributed by atoms with van der Waals surface area (Å²) in [5.74, 6) is 2.18. The van der Waals surface area contributed by atoms with E-state index in [2.05, 4.69) is 41.3 Å². The zero-order chi connectivity index (χ0) is 17.9. The lowest BCUT2D eigenvalue weighted by Crippen LogP contribution is -2.40. The Labute approximate surface area is 169 Å². The van der Waals surface area contributed by atoms with Gasteiger partial charge in [0.2, 0.25) is 0 Å². The Balaban J connectivity index is 0.00000576. The fourth-order valence-corrected chi connectivity index (χ4v) is 2.44. The highest BCUT2D eigenvalue weighted by molar-refractivity contribution is 14.0. The Hall–Kier alpha value is -1.22. The first-order valence-electron chi connectivity index (χ1n) is 8.58. The molecule has 1 aromatic carbocycles. The summed E-state index contributed by atoms with van der Waals surface area (Å²) in [6.07, 6.45) is 0. The fourth-order valence-electron chi connectivity index (χ4n) is 2.44. The third kappa shape index (κ3) is 8.13. The minimum absolute atomic E-state index is 0. The number of guanidine groups is 1. The molecule has 0 amide bonds. The number of methoxy groups -OCH3 is 1. The van der Waals surface area contributed by atoms with Crippen LogP contribution in [0.25, 0.3) is 0 Å². The number of hydrogen-bond donors (Lipinski definition) is 2. The maximum absolute atomic E-state index is 5.61. The highest BCUT2D eigenvalue weighted by Crippen LogP contribution is 2.30. The molecule has 1 rings (SSSR count). The molecular weight excluding hydrogens is 431 g/mol. The highest BCUT2D eigenvalue weighted by Gasteiger charge is 2.08. The standard InChI is InChI=1S/C18H32N4O2.HI/c1-7-22(14(3)4)12-11-20-18(19-5)21-15-9-10-16(23-6)17(13-15)24-8-2;/h9-10,13-14H,7-8,11-12H2,1-6H3,(H2,19,20,21);1H. The SMILES string of the molecule is CCOc1cc(NC(=NC)NCCN(CC)C(C)C)ccc1OC.I. The summed E-state index contributed by atoms with van der Waals surface area (Å²) in [5, 5.41) is 6.63. The molecule has 0 fully saturated rings. The van der Waals surface area contributed by atoms with E-state index in [4.69, 9.17) is 9.47 Å². The Kier molecular flexibility index (Phi) is 12.4. The van der Waals surface area contributed by atoms with E-state index < -0.39 is 0 Å². The van der Waals surface area contributed by atoms with Crippen LogP contribution in [-0.4, -0.2) is 57.3 Å². The van der Waals surface area contributed by atoms with Crippen LogP contribution in [-0.2, 0) is 0 Å². The molecular formula is C18H33IN4O2. The van der Waals surface area contributed by atoms with Crippen LogP contribution in [0.5, 0.6) is 11.5 Å². The van der Waals surface area contributed by atoms with E-state index >= 15 is 0 Å². The maximum Gasteiger partial charge on any atom is 0.195 e. The van der Waals surface area contributed by atoms with Crippen LogP contribution in [0.1, 0.15) is 27.7 Å². The summed E-state index contributed by atoms with van der Waals surface area (Å²) in [6.45, 7) is 12.0. The van der Waals surface area contributed by atoms with Gasteiger partial charge in [-0.1, -0.05) is 6.92 Å². The van der Waals surface area contributed by atoms with Crippen LogP contribution in [0, 0.1) is 0 Å². The van der Waals surface area contributed by atoms with Crippen molar-refractivity contribution in [1.29, 1.82) is 0 Å². The Morgan fingerprint density at radius 3 is 2.48 bits per heavy atom. The summed E-state index contributed by atoms with van der Waals surface area (Å²) < 4.78 is 10.9. The molecule has 7 heteroatoms. The van der Waals surface area contributed by atoms with Gasteiger partial charge >= 0.3 is 0 Å². The van der Waals surface area contributed by atoms with Gasteiger partial charge in [0.05, 0.1) is 13.7 Å². The number of aliphatic imine (C=N–C) groups is 1. The largest absolute Gasteiger partial charge is 0.493 e. The van der Waals surface area contributed by atoms with E-state index in [1.807, 2.05) is 25.1 Å². The van der Waals surface area contributed by atoms with Gasteiger partial charge in [0.25, 0.3) is 0 Å². The lowest BCUT2D eigenvalue weighted by molar-refractivity contribution is 0.237. The van der Waals surface area contributed by atoms with Crippen LogP contribution in [0.15, 0.2) is 23.2 Å². The zero-order valence-corrected chi connectivity index (χ0v) is 18.6. The molecule has 1 aromatic rings. The summed E-state index contributed by atoms with van der Waals surface area (Å²) in [5.41, 5.74) is 0.906. The molecule has 0 radical (unpaired) electrons. The second-order valence-corrected chi connectivity index (χ2v) is 5.64. The number of nitrogens with one attached hydrogen (secondary N) is 2. The Bertz CT molecular complexity index is 524. The summed E-state index contributed by atoms with van der Waals surface area (Å²) in [6, 6.07) is 6.29. The highest BCUT2D eigenvalue weighted by atomic mass is 127. The summed E-state index contributed by atoms with van der Waals surface area (Å²) in [7, 11) is 3.40.